The van der Waals surface area contributed by atoms with Gasteiger partial charge in [0.1, 0.15) is 5.78 Å². The molecule has 0 heterocycles. The Morgan fingerprint density at radius 2 is 2.00 bits per heavy atom. The Morgan fingerprint density at radius 1 is 1.27 bits per heavy atom. The summed E-state index contributed by atoms with van der Waals surface area (Å²) in [6.45, 7) is 3.87. The summed E-state index contributed by atoms with van der Waals surface area (Å²) in [5.74, 6) is -1.33. The maximum absolute atomic E-state index is 12.2. The van der Waals surface area contributed by atoms with Crippen molar-refractivity contribution in [3.63, 3.8) is 0 Å². The van der Waals surface area contributed by atoms with E-state index in [-0.39, 0.29) is 30.5 Å². The number of carboxylic acids is 1. The van der Waals surface area contributed by atoms with Crippen LogP contribution in [0.5, 0.6) is 0 Å². The third-order valence-electron chi connectivity index (χ3n) is 5.02. The number of allylic oxidation sites excluding steroid dienone is 3. The fourth-order valence-electron chi connectivity index (χ4n) is 3.39. The van der Waals surface area contributed by atoms with Crippen molar-refractivity contribution in [3.05, 3.63) is 24.3 Å². The second-order valence-electron chi connectivity index (χ2n) is 7.59. The molecule has 0 radical (unpaired) electrons. The third kappa shape index (κ3) is 8.28. The van der Waals surface area contributed by atoms with Gasteiger partial charge in [0.15, 0.2) is 0 Å². The van der Waals surface area contributed by atoms with E-state index in [0.29, 0.717) is 25.7 Å². The second kappa shape index (κ2) is 11.3. The van der Waals surface area contributed by atoms with Crippen LogP contribution >= 0.6 is 0 Å². The number of carboxylic acid groups (broad SMARTS) is 1. The fraction of sp³-hybridized carbons (Fsp3) is 0.714. The van der Waals surface area contributed by atoms with Crippen LogP contribution in [0.3, 0.4) is 0 Å². The topological polar surface area (TPSA) is 94.8 Å². The lowest BCUT2D eigenvalue weighted by Crippen LogP contribution is -2.23. The minimum atomic E-state index is -0.930. The molecule has 1 aliphatic rings. The van der Waals surface area contributed by atoms with E-state index in [1.807, 2.05) is 12.2 Å². The van der Waals surface area contributed by atoms with Gasteiger partial charge in [-0.25, -0.2) is 0 Å². The number of carbonyl (C=O) groups is 2. The van der Waals surface area contributed by atoms with E-state index < -0.39 is 17.7 Å². The smallest absolute Gasteiger partial charge is 0.303 e. The van der Waals surface area contributed by atoms with Crippen LogP contribution < -0.4 is 0 Å². The number of unbranched alkanes of at least 4 members (excludes halogenated alkanes) is 3. The number of aliphatic hydroxyl groups is 2. The van der Waals surface area contributed by atoms with Gasteiger partial charge < -0.3 is 15.3 Å². The van der Waals surface area contributed by atoms with Crippen molar-refractivity contribution < 1.29 is 24.9 Å². The fourth-order valence-corrected chi connectivity index (χ4v) is 3.39. The number of rotatable bonds is 12. The van der Waals surface area contributed by atoms with Crippen LogP contribution in [-0.4, -0.2) is 38.8 Å². The van der Waals surface area contributed by atoms with Gasteiger partial charge in [-0.15, -0.1) is 0 Å². The molecule has 0 unspecified atom stereocenters. The van der Waals surface area contributed by atoms with Crippen molar-refractivity contribution in [2.24, 2.45) is 11.8 Å². The average Bonchev–Trinajstić information content (AvgIpc) is 2.82. The molecule has 1 rings (SSSR count). The van der Waals surface area contributed by atoms with Crippen LogP contribution in [0.15, 0.2) is 24.3 Å². The third-order valence-corrected chi connectivity index (χ3v) is 5.02. The van der Waals surface area contributed by atoms with Gasteiger partial charge >= 0.3 is 5.97 Å². The van der Waals surface area contributed by atoms with E-state index in [0.717, 1.165) is 19.3 Å². The van der Waals surface area contributed by atoms with Gasteiger partial charge in [-0.05, 0) is 32.6 Å². The van der Waals surface area contributed by atoms with E-state index in [4.69, 9.17) is 5.11 Å². The van der Waals surface area contributed by atoms with Gasteiger partial charge in [-0.3, -0.25) is 9.59 Å². The number of ketones is 1. The molecule has 1 saturated carbocycles. The van der Waals surface area contributed by atoms with Crippen LogP contribution in [0.1, 0.15) is 71.6 Å². The normalized spacial score (nSPS) is 26.0. The first-order chi connectivity index (χ1) is 12.3. The summed E-state index contributed by atoms with van der Waals surface area (Å²) >= 11 is 0. The summed E-state index contributed by atoms with van der Waals surface area (Å²) < 4.78 is 0. The molecule has 0 aromatic heterocycles. The largest absolute Gasteiger partial charge is 0.481 e. The summed E-state index contributed by atoms with van der Waals surface area (Å²) in [7, 11) is 0. The molecule has 0 aliphatic heterocycles. The summed E-state index contributed by atoms with van der Waals surface area (Å²) in [6.07, 6.45) is 12.6. The summed E-state index contributed by atoms with van der Waals surface area (Å²) in [5.41, 5.74) is -0.930. The first-order valence-electron chi connectivity index (χ1n) is 9.76. The number of Topliss-reactive ketones (excluding diaryl/α,β-unsaturated/α-hetero) is 1. The molecule has 4 atom stereocenters. The van der Waals surface area contributed by atoms with Crippen molar-refractivity contribution in [1.29, 1.82) is 0 Å². The number of hydrogen-bond donors (Lipinski definition) is 3. The van der Waals surface area contributed by atoms with Gasteiger partial charge in [0.05, 0.1) is 11.7 Å². The molecule has 0 bridgehead atoms. The molecule has 26 heavy (non-hydrogen) atoms. The second-order valence-corrected chi connectivity index (χ2v) is 7.59. The SMILES string of the molecule is CCCCC[C@](C)(O)/C=C/[C@H]1C(=O)C[C@H](O)[C@@H]1C/C=C\CCCC(=O)O. The highest BCUT2D eigenvalue weighted by molar-refractivity contribution is 5.86. The van der Waals surface area contributed by atoms with Crippen LogP contribution in [0.4, 0.5) is 0 Å². The lowest BCUT2D eigenvalue weighted by atomic mass is 9.88. The van der Waals surface area contributed by atoms with Gasteiger partial charge in [0.25, 0.3) is 0 Å². The highest BCUT2D eigenvalue weighted by Gasteiger charge is 2.39. The van der Waals surface area contributed by atoms with Crippen LogP contribution in [0, 0.1) is 11.8 Å². The zero-order chi connectivity index (χ0) is 19.6. The Labute approximate surface area is 156 Å². The zero-order valence-corrected chi connectivity index (χ0v) is 16.1. The highest BCUT2D eigenvalue weighted by Crippen LogP contribution is 2.34. The van der Waals surface area contributed by atoms with Crippen molar-refractivity contribution in [2.75, 3.05) is 0 Å². The monoisotopic (exact) mass is 366 g/mol. The molecule has 5 heteroatoms. The Kier molecular flexibility index (Phi) is 9.81. The number of aliphatic hydroxyl groups excluding tert-OH is 1. The average molecular weight is 366 g/mol. The Morgan fingerprint density at radius 3 is 2.65 bits per heavy atom. The molecule has 0 saturated heterocycles. The maximum Gasteiger partial charge on any atom is 0.303 e. The molecule has 5 nitrogen and oxygen atoms in total. The van der Waals surface area contributed by atoms with Gasteiger partial charge in [0, 0.05) is 24.7 Å². The first-order valence-corrected chi connectivity index (χ1v) is 9.76. The Balaban J connectivity index is 2.58. The molecular weight excluding hydrogens is 332 g/mol. The predicted octanol–water partition coefficient (Wildman–Crippen LogP) is 3.64. The van der Waals surface area contributed by atoms with Crippen molar-refractivity contribution in [3.8, 4) is 0 Å². The van der Waals surface area contributed by atoms with Gasteiger partial charge in [0.2, 0.25) is 0 Å². The molecule has 148 valence electrons. The van der Waals surface area contributed by atoms with Crippen LogP contribution in [0.25, 0.3) is 0 Å². The highest BCUT2D eigenvalue weighted by atomic mass is 16.4. The number of carbonyl (C=O) groups excluding carboxylic acids is 1. The molecule has 3 N–H and O–H groups in total. The minimum Gasteiger partial charge on any atom is -0.481 e. The molecule has 0 amide bonds. The summed E-state index contributed by atoms with van der Waals surface area (Å²) in [4.78, 5) is 22.7. The van der Waals surface area contributed by atoms with E-state index in [9.17, 15) is 19.8 Å². The summed E-state index contributed by atoms with van der Waals surface area (Å²) in [6, 6.07) is 0. The zero-order valence-electron chi connectivity index (χ0n) is 16.1. The lowest BCUT2D eigenvalue weighted by molar-refractivity contribution is -0.137. The molecular formula is C21H34O5. The van der Waals surface area contributed by atoms with Gasteiger partial charge in [-0.1, -0.05) is 50.5 Å². The quantitative estimate of drug-likeness (QED) is 0.362. The van der Waals surface area contributed by atoms with Crippen LogP contribution in [0.2, 0.25) is 0 Å². The molecule has 0 spiro atoms. The number of aliphatic carboxylic acids is 1. The number of hydrogen-bond acceptors (Lipinski definition) is 4. The minimum absolute atomic E-state index is 0.0161. The molecule has 1 aliphatic carbocycles. The van der Waals surface area contributed by atoms with Gasteiger partial charge in [-0.2, -0.15) is 0 Å². The van der Waals surface area contributed by atoms with Crippen molar-refractivity contribution in [2.45, 2.75) is 83.3 Å². The van der Waals surface area contributed by atoms with Crippen molar-refractivity contribution in [1.82, 2.24) is 0 Å². The predicted molar refractivity (Wildman–Crippen MR) is 102 cm³/mol. The molecule has 1 fully saturated rings. The maximum atomic E-state index is 12.2. The van der Waals surface area contributed by atoms with E-state index in [2.05, 4.69) is 6.92 Å². The summed E-state index contributed by atoms with van der Waals surface area (Å²) in [5, 5.41) is 29.2. The lowest BCUT2D eigenvalue weighted by Gasteiger charge is -2.21. The van der Waals surface area contributed by atoms with E-state index in [1.165, 1.54) is 0 Å². The Bertz CT molecular complexity index is 507. The Hall–Kier alpha value is -1.46. The van der Waals surface area contributed by atoms with Crippen molar-refractivity contribution >= 4 is 11.8 Å². The molecule has 0 aromatic carbocycles. The molecule has 0 aromatic rings. The van der Waals surface area contributed by atoms with Crippen LogP contribution in [-0.2, 0) is 9.59 Å². The standard InChI is InChI=1S/C21H34O5/c1-3-4-9-13-21(2,26)14-12-17-16(18(22)15-19(17)23)10-7-5-6-8-11-20(24)25/h5,7,12,14,16-18,22,26H,3-4,6,8-11,13,15H2,1-2H3,(H,24,25)/b7-5-,14-12+/t16-,17-,18+,21+/m1/s1. The van der Waals surface area contributed by atoms with E-state index >= 15 is 0 Å². The first kappa shape index (κ1) is 22.6. The van der Waals surface area contributed by atoms with E-state index in [1.54, 1.807) is 19.1 Å².